The van der Waals surface area contributed by atoms with Gasteiger partial charge < -0.3 is 9.64 Å². The molecule has 2 atom stereocenters. The van der Waals surface area contributed by atoms with Gasteiger partial charge in [0.1, 0.15) is 11.9 Å². The summed E-state index contributed by atoms with van der Waals surface area (Å²) in [5.74, 6) is 0.828. The zero-order valence-corrected chi connectivity index (χ0v) is 13.2. The lowest BCUT2D eigenvalue weighted by Crippen LogP contribution is -2.47. The van der Waals surface area contributed by atoms with E-state index in [1.807, 2.05) is 80.5 Å². The van der Waals surface area contributed by atoms with Gasteiger partial charge in [0.25, 0.3) is 0 Å². The summed E-state index contributed by atoms with van der Waals surface area (Å²) in [6, 6.07) is 17.5. The summed E-state index contributed by atoms with van der Waals surface area (Å²) >= 11 is 0. The first-order chi connectivity index (χ1) is 10.5. The molecule has 0 aromatic heterocycles. The first kappa shape index (κ1) is 14.8. The second-order valence-corrected chi connectivity index (χ2v) is 6.39. The number of ketones is 1. The van der Waals surface area contributed by atoms with Crippen molar-refractivity contribution in [1.82, 2.24) is 4.90 Å². The molecule has 0 aliphatic carbocycles. The molecule has 2 aromatic carbocycles. The van der Waals surface area contributed by atoms with Gasteiger partial charge in [-0.1, -0.05) is 42.5 Å². The minimum Gasteiger partial charge on any atom is -0.484 e. The SMILES string of the molecule is CN(C)CC1(C)C(=O)c2ccccc2OC1c1ccccc1. The van der Waals surface area contributed by atoms with E-state index in [0.717, 1.165) is 5.56 Å². The Morgan fingerprint density at radius 1 is 1.05 bits per heavy atom. The van der Waals surface area contributed by atoms with E-state index in [4.69, 9.17) is 4.74 Å². The van der Waals surface area contributed by atoms with Crippen LogP contribution in [0.5, 0.6) is 5.75 Å². The summed E-state index contributed by atoms with van der Waals surface area (Å²) in [6.45, 7) is 2.64. The molecule has 0 amide bonds. The largest absolute Gasteiger partial charge is 0.484 e. The van der Waals surface area contributed by atoms with Gasteiger partial charge in [0.2, 0.25) is 0 Å². The third-order valence-corrected chi connectivity index (χ3v) is 4.22. The van der Waals surface area contributed by atoms with Gasteiger partial charge in [-0.25, -0.2) is 0 Å². The van der Waals surface area contributed by atoms with E-state index >= 15 is 0 Å². The number of nitrogens with zero attached hydrogens (tertiary/aromatic N) is 1. The molecule has 0 spiro atoms. The van der Waals surface area contributed by atoms with E-state index < -0.39 is 5.41 Å². The Kier molecular flexibility index (Phi) is 3.75. The number of carbonyl (C=O) groups is 1. The smallest absolute Gasteiger partial charge is 0.177 e. The van der Waals surface area contributed by atoms with Crippen molar-refractivity contribution in [1.29, 1.82) is 0 Å². The Morgan fingerprint density at radius 3 is 2.36 bits per heavy atom. The first-order valence-corrected chi connectivity index (χ1v) is 7.52. The van der Waals surface area contributed by atoms with Crippen LogP contribution in [0.4, 0.5) is 0 Å². The van der Waals surface area contributed by atoms with Crippen LogP contribution < -0.4 is 4.74 Å². The maximum Gasteiger partial charge on any atom is 0.177 e. The number of carbonyl (C=O) groups excluding carboxylic acids is 1. The molecule has 114 valence electrons. The van der Waals surface area contributed by atoms with Gasteiger partial charge in [-0.2, -0.15) is 0 Å². The van der Waals surface area contributed by atoms with Gasteiger partial charge in [0.05, 0.1) is 11.0 Å². The summed E-state index contributed by atoms with van der Waals surface area (Å²) in [4.78, 5) is 15.2. The van der Waals surface area contributed by atoms with E-state index in [0.29, 0.717) is 17.9 Å². The van der Waals surface area contributed by atoms with Gasteiger partial charge >= 0.3 is 0 Å². The van der Waals surface area contributed by atoms with Crippen molar-refractivity contribution in [3.8, 4) is 5.75 Å². The predicted molar refractivity (Wildman–Crippen MR) is 87.2 cm³/mol. The molecule has 2 aromatic rings. The van der Waals surface area contributed by atoms with E-state index in [1.165, 1.54) is 0 Å². The number of rotatable bonds is 3. The molecule has 0 N–H and O–H groups in total. The number of ether oxygens (including phenoxy) is 1. The van der Waals surface area contributed by atoms with Gasteiger partial charge in [-0.3, -0.25) is 4.79 Å². The van der Waals surface area contributed by atoms with Crippen molar-refractivity contribution in [3.63, 3.8) is 0 Å². The number of Topliss-reactive ketones (excluding diaryl/α,β-unsaturated/α-hetero) is 1. The van der Waals surface area contributed by atoms with Crippen molar-refractivity contribution >= 4 is 5.78 Å². The van der Waals surface area contributed by atoms with Gasteiger partial charge in [-0.05, 0) is 38.7 Å². The fourth-order valence-electron chi connectivity index (χ4n) is 3.32. The quantitative estimate of drug-likeness (QED) is 0.867. The molecule has 0 saturated carbocycles. The van der Waals surface area contributed by atoms with Crippen molar-refractivity contribution in [2.75, 3.05) is 20.6 Å². The van der Waals surface area contributed by atoms with Gasteiger partial charge in [0.15, 0.2) is 5.78 Å². The molecule has 3 nitrogen and oxygen atoms in total. The molecule has 2 unspecified atom stereocenters. The highest BCUT2D eigenvalue weighted by atomic mass is 16.5. The Balaban J connectivity index is 2.12. The van der Waals surface area contributed by atoms with Crippen LogP contribution in [0.2, 0.25) is 0 Å². The minimum absolute atomic E-state index is 0.150. The Labute approximate surface area is 131 Å². The second kappa shape index (κ2) is 5.58. The van der Waals surface area contributed by atoms with E-state index in [9.17, 15) is 4.79 Å². The molecular formula is C19H21NO2. The van der Waals surface area contributed by atoms with Gasteiger partial charge in [-0.15, -0.1) is 0 Å². The second-order valence-electron chi connectivity index (χ2n) is 6.39. The van der Waals surface area contributed by atoms with Crippen molar-refractivity contribution in [2.45, 2.75) is 13.0 Å². The maximum absolute atomic E-state index is 13.2. The average Bonchev–Trinajstić information content (AvgIpc) is 2.51. The van der Waals surface area contributed by atoms with Crippen LogP contribution >= 0.6 is 0 Å². The molecule has 0 saturated heterocycles. The summed E-state index contributed by atoms with van der Waals surface area (Å²) in [7, 11) is 3.97. The lowest BCUT2D eigenvalue weighted by molar-refractivity contribution is 0.0211. The molecule has 1 aliphatic rings. The topological polar surface area (TPSA) is 29.5 Å². The standard InChI is InChI=1S/C19H21NO2/c1-19(13-20(2)3)17(21)15-11-7-8-12-16(15)22-18(19)14-9-5-4-6-10-14/h4-12,18H,13H2,1-3H3. The van der Waals surface area contributed by atoms with E-state index in [-0.39, 0.29) is 11.9 Å². The molecule has 0 bridgehead atoms. The fourth-order valence-corrected chi connectivity index (χ4v) is 3.32. The first-order valence-electron chi connectivity index (χ1n) is 7.52. The number of benzene rings is 2. The summed E-state index contributed by atoms with van der Waals surface area (Å²) < 4.78 is 6.26. The average molecular weight is 295 g/mol. The zero-order valence-electron chi connectivity index (χ0n) is 13.2. The Bertz CT molecular complexity index is 681. The van der Waals surface area contributed by atoms with Crippen LogP contribution in [0.1, 0.15) is 28.9 Å². The number of hydrogen-bond acceptors (Lipinski definition) is 3. The molecule has 22 heavy (non-hydrogen) atoms. The third-order valence-electron chi connectivity index (χ3n) is 4.22. The van der Waals surface area contributed by atoms with Crippen LogP contribution in [0, 0.1) is 5.41 Å². The van der Waals surface area contributed by atoms with E-state index in [2.05, 4.69) is 0 Å². The highest BCUT2D eigenvalue weighted by molar-refractivity contribution is 6.04. The van der Waals surface area contributed by atoms with Crippen LogP contribution in [0.25, 0.3) is 0 Å². The molecule has 3 rings (SSSR count). The molecule has 1 aliphatic heterocycles. The lowest BCUT2D eigenvalue weighted by atomic mass is 9.72. The van der Waals surface area contributed by atoms with Gasteiger partial charge in [0, 0.05) is 6.54 Å². The number of fused-ring (bicyclic) bond motifs is 1. The van der Waals surface area contributed by atoms with Crippen LogP contribution in [0.15, 0.2) is 54.6 Å². The van der Waals surface area contributed by atoms with Crippen molar-refractivity contribution < 1.29 is 9.53 Å². The summed E-state index contributed by atoms with van der Waals surface area (Å²) in [5, 5.41) is 0. The third kappa shape index (κ3) is 2.42. The Morgan fingerprint density at radius 2 is 1.68 bits per heavy atom. The summed E-state index contributed by atoms with van der Waals surface area (Å²) in [6.07, 6.45) is -0.279. The maximum atomic E-state index is 13.2. The Hall–Kier alpha value is -2.13. The van der Waals surface area contributed by atoms with Crippen molar-refractivity contribution in [3.05, 3.63) is 65.7 Å². The van der Waals surface area contributed by atoms with Crippen LogP contribution in [0.3, 0.4) is 0 Å². The number of hydrogen-bond donors (Lipinski definition) is 0. The summed E-state index contributed by atoms with van der Waals surface area (Å²) in [5.41, 5.74) is 1.10. The molecular weight excluding hydrogens is 274 g/mol. The molecule has 0 radical (unpaired) electrons. The number of para-hydroxylation sites is 1. The van der Waals surface area contributed by atoms with Crippen molar-refractivity contribution in [2.24, 2.45) is 5.41 Å². The highest BCUT2D eigenvalue weighted by Gasteiger charge is 2.48. The monoisotopic (exact) mass is 295 g/mol. The van der Waals surface area contributed by atoms with Crippen LogP contribution in [-0.2, 0) is 0 Å². The molecule has 0 fully saturated rings. The predicted octanol–water partition coefficient (Wildman–Crippen LogP) is 3.57. The molecule has 3 heteroatoms. The zero-order chi connectivity index (χ0) is 15.7. The lowest BCUT2D eigenvalue weighted by Gasteiger charge is -2.42. The fraction of sp³-hybridized carbons (Fsp3) is 0.316. The highest BCUT2D eigenvalue weighted by Crippen LogP contribution is 2.46. The normalized spacial score (nSPS) is 24.0. The van der Waals surface area contributed by atoms with E-state index in [1.54, 1.807) is 0 Å². The van der Waals surface area contributed by atoms with Crippen LogP contribution in [-0.4, -0.2) is 31.3 Å². The molecule has 1 heterocycles. The minimum atomic E-state index is -0.612.